The van der Waals surface area contributed by atoms with Crippen LogP contribution in [-0.4, -0.2) is 12.4 Å². The molecule has 0 aromatic heterocycles. The maximum atomic E-state index is 12.1. The summed E-state index contributed by atoms with van der Waals surface area (Å²) in [5, 5.41) is 0.570. The number of ketones is 1. The molecule has 16 heavy (non-hydrogen) atoms. The van der Waals surface area contributed by atoms with Gasteiger partial charge in [-0.2, -0.15) is 0 Å². The van der Waals surface area contributed by atoms with Gasteiger partial charge in [0.2, 0.25) is 5.78 Å². The van der Waals surface area contributed by atoms with Gasteiger partial charge in [0.15, 0.2) is 5.76 Å². The van der Waals surface area contributed by atoms with E-state index in [2.05, 4.69) is 22.6 Å². The Morgan fingerprint density at radius 2 is 2.25 bits per heavy atom. The van der Waals surface area contributed by atoms with E-state index in [1.807, 2.05) is 12.1 Å². The molecule has 1 aromatic carbocycles. The molecule has 0 aliphatic carbocycles. The number of allylic oxidation sites excluding steroid dienone is 2. The van der Waals surface area contributed by atoms with Crippen LogP contribution in [0.2, 0.25) is 5.02 Å². The lowest BCUT2D eigenvalue weighted by molar-refractivity contribution is 0.0898. The van der Waals surface area contributed by atoms with Crippen molar-refractivity contribution >= 4 is 40.0 Å². The Hall–Kier alpha value is -0.550. The van der Waals surface area contributed by atoms with E-state index in [0.29, 0.717) is 23.0 Å². The van der Waals surface area contributed by atoms with Gasteiger partial charge in [-0.25, -0.2) is 0 Å². The summed E-state index contributed by atoms with van der Waals surface area (Å²) < 4.78 is 6.24. The predicted molar refractivity (Wildman–Crippen MR) is 71.8 cm³/mol. The Labute approximate surface area is 113 Å². The number of hydrogen-bond donors (Lipinski definition) is 0. The highest BCUT2D eigenvalue weighted by atomic mass is 127. The summed E-state index contributed by atoms with van der Waals surface area (Å²) in [5.74, 6) is 0.373. The lowest BCUT2D eigenvalue weighted by Gasteiger charge is -2.14. The zero-order valence-electron chi connectivity index (χ0n) is 8.50. The number of carbonyl (C=O) groups is 1. The van der Waals surface area contributed by atoms with Crippen molar-refractivity contribution in [3.63, 3.8) is 0 Å². The largest absolute Gasteiger partial charge is 0.490 e. The van der Waals surface area contributed by atoms with E-state index in [1.54, 1.807) is 12.1 Å². The Morgan fingerprint density at radius 1 is 1.44 bits per heavy atom. The fourth-order valence-electron chi connectivity index (χ4n) is 1.52. The molecule has 0 amide bonds. The average molecular weight is 349 g/mol. The molecular formula is C12H10ClIO2. The molecule has 0 saturated carbocycles. The average Bonchev–Trinajstić information content (AvgIpc) is 2.32. The van der Waals surface area contributed by atoms with Gasteiger partial charge in [0.1, 0.15) is 0 Å². The van der Waals surface area contributed by atoms with Crippen LogP contribution < -0.4 is 0 Å². The van der Waals surface area contributed by atoms with Crippen LogP contribution in [0, 0.1) is 3.57 Å². The van der Waals surface area contributed by atoms with Crippen LogP contribution in [0.5, 0.6) is 0 Å². The first-order valence-electron chi connectivity index (χ1n) is 5.01. The van der Waals surface area contributed by atoms with Crippen molar-refractivity contribution < 1.29 is 9.53 Å². The van der Waals surface area contributed by atoms with Gasteiger partial charge in [-0.3, -0.25) is 4.79 Å². The highest BCUT2D eigenvalue weighted by Gasteiger charge is 2.18. The predicted octanol–water partition coefficient (Wildman–Crippen LogP) is 3.82. The molecule has 0 atom stereocenters. The Morgan fingerprint density at radius 3 is 2.94 bits per heavy atom. The van der Waals surface area contributed by atoms with Gasteiger partial charge in [0, 0.05) is 14.2 Å². The molecule has 0 radical (unpaired) electrons. The minimum atomic E-state index is -0.0772. The normalized spacial score (nSPS) is 15.2. The molecule has 0 N–H and O–H groups in total. The van der Waals surface area contributed by atoms with Gasteiger partial charge in [0.05, 0.1) is 6.61 Å². The second kappa shape index (κ2) is 5.19. The van der Waals surface area contributed by atoms with E-state index in [9.17, 15) is 4.79 Å². The number of benzene rings is 1. The lowest BCUT2D eigenvalue weighted by Crippen LogP contribution is -2.12. The fourth-order valence-corrected chi connectivity index (χ4v) is 2.27. The smallest absolute Gasteiger partial charge is 0.228 e. The third kappa shape index (κ3) is 2.58. The molecule has 4 heteroatoms. The lowest BCUT2D eigenvalue weighted by atomic mass is 10.1. The molecule has 0 saturated heterocycles. The van der Waals surface area contributed by atoms with Crippen LogP contribution >= 0.6 is 34.2 Å². The van der Waals surface area contributed by atoms with Crippen LogP contribution in [0.25, 0.3) is 0 Å². The molecule has 84 valence electrons. The van der Waals surface area contributed by atoms with Gasteiger partial charge >= 0.3 is 0 Å². The summed E-state index contributed by atoms with van der Waals surface area (Å²) in [6, 6.07) is 5.29. The molecule has 2 rings (SSSR count). The van der Waals surface area contributed by atoms with Crippen molar-refractivity contribution in [2.24, 2.45) is 0 Å². The van der Waals surface area contributed by atoms with Crippen molar-refractivity contribution in [1.82, 2.24) is 0 Å². The summed E-state index contributed by atoms with van der Waals surface area (Å²) >= 11 is 8.01. The van der Waals surface area contributed by atoms with Crippen molar-refractivity contribution in [1.29, 1.82) is 0 Å². The summed E-state index contributed by atoms with van der Waals surface area (Å²) in [4.78, 5) is 12.1. The minimum absolute atomic E-state index is 0.0772. The van der Waals surface area contributed by atoms with Crippen molar-refractivity contribution in [3.8, 4) is 0 Å². The number of halogens is 2. The second-order valence-electron chi connectivity index (χ2n) is 3.51. The second-order valence-corrected chi connectivity index (χ2v) is 5.11. The highest BCUT2D eigenvalue weighted by Crippen LogP contribution is 2.22. The molecule has 1 heterocycles. The molecule has 2 nitrogen and oxygen atoms in total. The van der Waals surface area contributed by atoms with Gasteiger partial charge < -0.3 is 4.74 Å². The molecule has 0 fully saturated rings. The van der Waals surface area contributed by atoms with Crippen molar-refractivity contribution in [3.05, 3.63) is 44.2 Å². The minimum Gasteiger partial charge on any atom is -0.490 e. The third-order valence-electron chi connectivity index (χ3n) is 2.33. The first kappa shape index (κ1) is 11.9. The molecule has 0 unspecified atom stereocenters. The molecular weight excluding hydrogens is 338 g/mol. The number of ether oxygens (including phenoxy) is 1. The van der Waals surface area contributed by atoms with Crippen molar-refractivity contribution in [2.45, 2.75) is 12.8 Å². The van der Waals surface area contributed by atoms with Crippen LogP contribution in [0.3, 0.4) is 0 Å². The van der Waals surface area contributed by atoms with E-state index in [1.165, 1.54) is 0 Å². The van der Waals surface area contributed by atoms with E-state index in [-0.39, 0.29) is 5.78 Å². The molecule has 1 aliphatic rings. The van der Waals surface area contributed by atoms with Crippen LogP contribution in [0.4, 0.5) is 0 Å². The van der Waals surface area contributed by atoms with Gasteiger partial charge in [-0.1, -0.05) is 11.6 Å². The maximum Gasteiger partial charge on any atom is 0.228 e. The summed E-state index contributed by atoms with van der Waals surface area (Å²) in [5.41, 5.74) is 0.612. The zero-order chi connectivity index (χ0) is 11.5. The van der Waals surface area contributed by atoms with E-state index < -0.39 is 0 Å². The van der Waals surface area contributed by atoms with Gasteiger partial charge in [-0.05, 0) is 59.7 Å². The monoisotopic (exact) mass is 348 g/mol. The third-order valence-corrected chi connectivity index (χ3v) is 3.51. The zero-order valence-corrected chi connectivity index (χ0v) is 11.4. The van der Waals surface area contributed by atoms with E-state index in [4.69, 9.17) is 16.3 Å². The molecule has 1 aliphatic heterocycles. The quantitative estimate of drug-likeness (QED) is 0.600. The first-order valence-corrected chi connectivity index (χ1v) is 6.47. The van der Waals surface area contributed by atoms with Crippen LogP contribution in [-0.2, 0) is 4.74 Å². The topological polar surface area (TPSA) is 26.3 Å². The molecule has 0 spiro atoms. The maximum absolute atomic E-state index is 12.1. The molecule has 1 aromatic rings. The van der Waals surface area contributed by atoms with Crippen LogP contribution in [0.15, 0.2) is 30.0 Å². The summed E-state index contributed by atoms with van der Waals surface area (Å²) in [6.45, 7) is 0.620. The van der Waals surface area contributed by atoms with Crippen LogP contribution in [0.1, 0.15) is 23.2 Å². The number of rotatable bonds is 2. The standard InChI is InChI=1S/C12H10ClIO2/c13-8-4-5-10(14)9(7-8)12(15)11-3-1-2-6-16-11/h3-5,7H,1-2,6H2. The molecule has 0 bridgehead atoms. The Bertz CT molecular complexity index is 454. The highest BCUT2D eigenvalue weighted by molar-refractivity contribution is 14.1. The Balaban J connectivity index is 2.33. The summed E-state index contributed by atoms with van der Waals surface area (Å²) in [6.07, 6.45) is 3.73. The Kier molecular flexibility index (Phi) is 3.86. The number of hydrogen-bond acceptors (Lipinski definition) is 2. The van der Waals surface area contributed by atoms with Gasteiger partial charge in [-0.15, -0.1) is 0 Å². The SMILES string of the molecule is O=C(C1=CCCCO1)c1cc(Cl)ccc1I. The van der Waals surface area contributed by atoms with Crippen molar-refractivity contribution in [2.75, 3.05) is 6.61 Å². The fraction of sp³-hybridized carbons (Fsp3) is 0.250. The first-order chi connectivity index (χ1) is 7.68. The summed E-state index contributed by atoms with van der Waals surface area (Å²) in [7, 11) is 0. The van der Waals surface area contributed by atoms with E-state index >= 15 is 0 Å². The number of carbonyl (C=O) groups excluding carboxylic acids is 1. The number of Topliss-reactive ketones (excluding diaryl/α,β-unsaturated/α-hetero) is 1. The van der Waals surface area contributed by atoms with Gasteiger partial charge in [0.25, 0.3) is 0 Å². The van der Waals surface area contributed by atoms with E-state index in [0.717, 1.165) is 16.4 Å².